The standard InChI is InChI=1S/C19H22N6O3/c26-18(22-14-4-3-9-24(13-14)17-12-20-7-8-21-17)23-15-5-1-2-6-16(15)25-10-11-28-19(25)27/h1-2,5-8,12,14H,3-4,9-11,13H2,(H2,22,23,26). The van der Waals surface area contributed by atoms with Gasteiger partial charge in [-0.3, -0.25) is 9.88 Å². The van der Waals surface area contributed by atoms with E-state index < -0.39 is 6.09 Å². The summed E-state index contributed by atoms with van der Waals surface area (Å²) in [6, 6.07) is 6.90. The second-order valence-corrected chi connectivity index (χ2v) is 6.73. The van der Waals surface area contributed by atoms with Crippen molar-refractivity contribution < 1.29 is 14.3 Å². The lowest BCUT2D eigenvalue weighted by Gasteiger charge is -2.33. The predicted octanol–water partition coefficient (Wildman–Crippen LogP) is 2.22. The van der Waals surface area contributed by atoms with Crippen molar-refractivity contribution in [1.29, 1.82) is 0 Å². The Hall–Kier alpha value is -3.36. The lowest BCUT2D eigenvalue weighted by atomic mass is 10.1. The number of aromatic nitrogens is 2. The average Bonchev–Trinajstić information content (AvgIpc) is 3.15. The van der Waals surface area contributed by atoms with E-state index in [0.29, 0.717) is 31.1 Å². The molecule has 1 aromatic heterocycles. The third kappa shape index (κ3) is 3.98. The Morgan fingerprint density at radius 1 is 1.21 bits per heavy atom. The molecular weight excluding hydrogens is 360 g/mol. The van der Waals surface area contributed by atoms with E-state index in [1.165, 1.54) is 4.90 Å². The quantitative estimate of drug-likeness (QED) is 0.841. The number of benzene rings is 1. The van der Waals surface area contributed by atoms with Crippen molar-refractivity contribution in [2.24, 2.45) is 0 Å². The zero-order valence-corrected chi connectivity index (χ0v) is 15.4. The van der Waals surface area contributed by atoms with Gasteiger partial charge in [0.15, 0.2) is 0 Å². The van der Waals surface area contributed by atoms with E-state index in [1.807, 2.05) is 12.1 Å². The van der Waals surface area contributed by atoms with E-state index in [4.69, 9.17) is 4.74 Å². The van der Waals surface area contributed by atoms with E-state index in [1.54, 1.807) is 30.7 Å². The fraction of sp³-hybridized carbons (Fsp3) is 0.368. The molecule has 28 heavy (non-hydrogen) atoms. The minimum absolute atomic E-state index is 0.000305. The second-order valence-electron chi connectivity index (χ2n) is 6.73. The molecule has 0 spiro atoms. The van der Waals surface area contributed by atoms with Crippen LogP contribution in [0.1, 0.15) is 12.8 Å². The number of carbonyl (C=O) groups excluding carboxylic acids is 2. The number of cyclic esters (lactones) is 1. The third-order valence-electron chi connectivity index (χ3n) is 4.83. The number of rotatable bonds is 4. The van der Waals surface area contributed by atoms with Gasteiger partial charge in [0.25, 0.3) is 0 Å². The highest BCUT2D eigenvalue weighted by Crippen LogP contribution is 2.28. The van der Waals surface area contributed by atoms with Crippen LogP contribution in [-0.4, -0.2) is 54.4 Å². The number of hydrogen-bond acceptors (Lipinski definition) is 6. The summed E-state index contributed by atoms with van der Waals surface area (Å²) in [6.45, 7) is 2.37. The fourth-order valence-corrected chi connectivity index (χ4v) is 3.53. The third-order valence-corrected chi connectivity index (χ3v) is 4.83. The van der Waals surface area contributed by atoms with E-state index in [9.17, 15) is 9.59 Å². The van der Waals surface area contributed by atoms with E-state index in [2.05, 4.69) is 25.5 Å². The van der Waals surface area contributed by atoms with Gasteiger partial charge >= 0.3 is 12.1 Å². The highest BCUT2D eigenvalue weighted by molar-refractivity contribution is 5.99. The number of hydrogen-bond donors (Lipinski definition) is 2. The van der Waals surface area contributed by atoms with Gasteiger partial charge in [-0.05, 0) is 25.0 Å². The van der Waals surface area contributed by atoms with Crippen molar-refractivity contribution in [2.75, 3.05) is 41.4 Å². The summed E-state index contributed by atoms with van der Waals surface area (Å²) >= 11 is 0. The Balaban J connectivity index is 1.39. The first-order valence-corrected chi connectivity index (χ1v) is 9.32. The van der Waals surface area contributed by atoms with E-state index in [-0.39, 0.29) is 12.1 Å². The summed E-state index contributed by atoms with van der Waals surface area (Å²) in [6.07, 6.45) is 6.49. The number of ether oxygens (including phenoxy) is 1. The summed E-state index contributed by atoms with van der Waals surface area (Å²) in [5.74, 6) is 0.812. The molecule has 0 bridgehead atoms. The average molecular weight is 382 g/mol. The smallest absolute Gasteiger partial charge is 0.414 e. The number of nitrogens with zero attached hydrogens (tertiary/aromatic N) is 4. The summed E-state index contributed by atoms with van der Waals surface area (Å²) in [4.78, 5) is 36.5. The Kier molecular flexibility index (Phi) is 5.22. The molecule has 3 amide bonds. The molecule has 0 saturated carbocycles. The van der Waals surface area contributed by atoms with Crippen LogP contribution < -0.4 is 20.4 Å². The highest BCUT2D eigenvalue weighted by Gasteiger charge is 2.27. The number of anilines is 3. The number of piperidine rings is 1. The summed E-state index contributed by atoms with van der Waals surface area (Å²) in [7, 11) is 0. The minimum Gasteiger partial charge on any atom is -0.447 e. The van der Waals surface area contributed by atoms with E-state index in [0.717, 1.165) is 25.2 Å². The molecule has 2 aromatic rings. The number of para-hydroxylation sites is 2. The van der Waals surface area contributed by atoms with Crippen molar-refractivity contribution in [1.82, 2.24) is 15.3 Å². The Morgan fingerprint density at radius 2 is 2.11 bits per heavy atom. The molecule has 2 aliphatic heterocycles. The van der Waals surface area contributed by atoms with Gasteiger partial charge in [0.05, 0.1) is 24.1 Å². The monoisotopic (exact) mass is 382 g/mol. The molecule has 2 saturated heterocycles. The molecule has 1 aromatic carbocycles. The summed E-state index contributed by atoms with van der Waals surface area (Å²) in [5.41, 5.74) is 1.20. The largest absolute Gasteiger partial charge is 0.447 e. The maximum Gasteiger partial charge on any atom is 0.414 e. The lowest BCUT2D eigenvalue weighted by molar-refractivity contribution is 0.181. The SMILES string of the molecule is O=C(Nc1ccccc1N1CCOC1=O)NC1CCCN(c2cnccn2)C1. The molecule has 2 fully saturated rings. The maximum atomic E-state index is 12.6. The van der Waals surface area contributed by atoms with Crippen LogP contribution in [0.25, 0.3) is 0 Å². The van der Waals surface area contributed by atoms with Gasteiger partial charge in [0.2, 0.25) is 0 Å². The molecule has 0 aliphatic carbocycles. The molecule has 2 aliphatic rings. The Bertz CT molecular complexity index is 847. The number of urea groups is 1. The summed E-state index contributed by atoms with van der Waals surface area (Å²) in [5, 5.41) is 5.89. The maximum absolute atomic E-state index is 12.6. The number of carbonyl (C=O) groups is 2. The van der Waals surface area contributed by atoms with Gasteiger partial charge in [-0.2, -0.15) is 0 Å². The number of nitrogens with one attached hydrogen (secondary N) is 2. The zero-order chi connectivity index (χ0) is 19.3. The zero-order valence-electron chi connectivity index (χ0n) is 15.4. The van der Waals surface area contributed by atoms with Crippen LogP contribution in [0.4, 0.5) is 26.8 Å². The van der Waals surface area contributed by atoms with E-state index >= 15 is 0 Å². The van der Waals surface area contributed by atoms with Crippen molar-refractivity contribution in [3.05, 3.63) is 42.9 Å². The minimum atomic E-state index is -0.401. The van der Waals surface area contributed by atoms with Crippen molar-refractivity contribution >= 4 is 29.3 Å². The van der Waals surface area contributed by atoms with Crippen LogP contribution in [0.3, 0.4) is 0 Å². The molecule has 9 heteroatoms. The Labute approximate surface area is 162 Å². The van der Waals surface area contributed by atoms with Crippen molar-refractivity contribution in [3.8, 4) is 0 Å². The topological polar surface area (TPSA) is 99.7 Å². The van der Waals surface area contributed by atoms with Crippen molar-refractivity contribution in [3.63, 3.8) is 0 Å². The van der Waals surface area contributed by atoms with Crippen LogP contribution in [0, 0.1) is 0 Å². The summed E-state index contributed by atoms with van der Waals surface area (Å²) < 4.78 is 5.00. The molecule has 2 N–H and O–H groups in total. The van der Waals surface area contributed by atoms with Gasteiger partial charge in [-0.15, -0.1) is 0 Å². The Morgan fingerprint density at radius 3 is 2.89 bits per heavy atom. The molecule has 4 rings (SSSR count). The first kappa shape index (κ1) is 18.0. The molecule has 1 atom stereocenters. The first-order valence-electron chi connectivity index (χ1n) is 9.32. The normalized spacial score (nSPS) is 19.3. The second kappa shape index (κ2) is 8.12. The van der Waals surface area contributed by atoms with Crippen LogP contribution in [-0.2, 0) is 4.74 Å². The molecular formula is C19H22N6O3. The first-order chi connectivity index (χ1) is 13.7. The number of amides is 3. The molecule has 146 valence electrons. The van der Waals surface area contributed by atoms with Gasteiger partial charge < -0.3 is 20.3 Å². The molecule has 0 radical (unpaired) electrons. The van der Waals surface area contributed by atoms with Crippen LogP contribution in [0.15, 0.2) is 42.9 Å². The van der Waals surface area contributed by atoms with Crippen molar-refractivity contribution in [2.45, 2.75) is 18.9 Å². The van der Waals surface area contributed by atoms with Gasteiger partial charge in [0, 0.05) is 31.5 Å². The van der Waals surface area contributed by atoms with Gasteiger partial charge in [-0.25, -0.2) is 14.6 Å². The highest BCUT2D eigenvalue weighted by atomic mass is 16.6. The van der Waals surface area contributed by atoms with Crippen LogP contribution in [0.5, 0.6) is 0 Å². The van der Waals surface area contributed by atoms with Crippen LogP contribution >= 0.6 is 0 Å². The predicted molar refractivity (Wildman–Crippen MR) is 105 cm³/mol. The molecule has 3 heterocycles. The van der Waals surface area contributed by atoms with Crippen LogP contribution in [0.2, 0.25) is 0 Å². The molecule has 1 unspecified atom stereocenters. The molecule has 9 nitrogen and oxygen atoms in total. The van der Waals surface area contributed by atoms with Gasteiger partial charge in [0.1, 0.15) is 12.4 Å². The fourth-order valence-electron chi connectivity index (χ4n) is 3.53. The van der Waals surface area contributed by atoms with Gasteiger partial charge in [-0.1, -0.05) is 12.1 Å². The lowest BCUT2D eigenvalue weighted by Crippen LogP contribution is -2.49.